The lowest BCUT2D eigenvalue weighted by atomic mass is 10.1. The number of methoxy groups -OCH3 is 3. The molecule has 4 heteroatoms. The van der Waals surface area contributed by atoms with E-state index in [9.17, 15) is 0 Å². The zero-order valence-corrected chi connectivity index (χ0v) is 10.7. The van der Waals surface area contributed by atoms with Crippen molar-refractivity contribution >= 4 is 6.08 Å². The van der Waals surface area contributed by atoms with Crippen molar-refractivity contribution in [2.75, 3.05) is 34.9 Å². The highest BCUT2D eigenvalue weighted by Gasteiger charge is 2.11. The molecule has 0 aliphatic rings. The van der Waals surface area contributed by atoms with E-state index in [0.717, 1.165) is 12.1 Å². The maximum atomic E-state index is 5.27. The molecular formula is C13H19NO3. The highest BCUT2D eigenvalue weighted by molar-refractivity contribution is 5.62. The molecule has 94 valence electrons. The van der Waals surface area contributed by atoms with Gasteiger partial charge in [-0.25, -0.2) is 0 Å². The average Bonchev–Trinajstić information content (AvgIpc) is 2.37. The van der Waals surface area contributed by atoms with Crippen molar-refractivity contribution in [3.8, 4) is 17.2 Å². The van der Waals surface area contributed by atoms with Crippen LogP contribution in [0.3, 0.4) is 0 Å². The molecule has 0 aliphatic heterocycles. The summed E-state index contributed by atoms with van der Waals surface area (Å²) in [4.78, 5) is 0. The van der Waals surface area contributed by atoms with Gasteiger partial charge in [-0.1, -0.05) is 12.2 Å². The van der Waals surface area contributed by atoms with E-state index < -0.39 is 0 Å². The van der Waals surface area contributed by atoms with Crippen molar-refractivity contribution in [1.82, 2.24) is 5.32 Å². The van der Waals surface area contributed by atoms with Gasteiger partial charge >= 0.3 is 0 Å². The standard InChI is InChI=1S/C13H19NO3/c1-14-7-5-6-10-8-11(15-2)13(17-4)12(9-10)16-3/h5-6,8-9,14H,7H2,1-4H3. The summed E-state index contributed by atoms with van der Waals surface area (Å²) in [5.41, 5.74) is 1.01. The Balaban J connectivity index is 3.08. The van der Waals surface area contributed by atoms with Crippen molar-refractivity contribution in [3.05, 3.63) is 23.8 Å². The minimum Gasteiger partial charge on any atom is -0.493 e. The Morgan fingerprint density at radius 3 is 2.06 bits per heavy atom. The highest BCUT2D eigenvalue weighted by Crippen LogP contribution is 2.38. The molecule has 0 amide bonds. The maximum Gasteiger partial charge on any atom is 0.203 e. The number of likely N-dealkylation sites (N-methyl/N-ethyl adjacent to an activating group) is 1. The molecule has 0 aromatic heterocycles. The molecule has 0 bridgehead atoms. The normalized spacial score (nSPS) is 10.6. The smallest absolute Gasteiger partial charge is 0.203 e. The Kier molecular flexibility index (Phi) is 5.36. The summed E-state index contributed by atoms with van der Waals surface area (Å²) in [6.07, 6.45) is 4.03. The number of ether oxygens (including phenoxy) is 3. The quantitative estimate of drug-likeness (QED) is 0.821. The monoisotopic (exact) mass is 237 g/mol. The van der Waals surface area contributed by atoms with Crippen LogP contribution in [0.25, 0.3) is 6.08 Å². The predicted molar refractivity (Wildman–Crippen MR) is 69.1 cm³/mol. The van der Waals surface area contributed by atoms with Crippen LogP contribution in [0.2, 0.25) is 0 Å². The number of hydrogen-bond donors (Lipinski definition) is 1. The Labute approximate surface area is 102 Å². The van der Waals surface area contributed by atoms with Gasteiger partial charge in [0.2, 0.25) is 5.75 Å². The molecule has 0 unspecified atom stereocenters. The molecule has 0 atom stereocenters. The van der Waals surface area contributed by atoms with Crippen molar-refractivity contribution < 1.29 is 14.2 Å². The van der Waals surface area contributed by atoms with Crippen molar-refractivity contribution in [2.24, 2.45) is 0 Å². The Morgan fingerprint density at radius 1 is 1.06 bits per heavy atom. The van der Waals surface area contributed by atoms with E-state index in [4.69, 9.17) is 14.2 Å². The predicted octanol–water partition coefficient (Wildman–Crippen LogP) is 1.94. The first-order valence-corrected chi connectivity index (χ1v) is 5.38. The fourth-order valence-electron chi connectivity index (χ4n) is 1.51. The Bertz CT molecular complexity index is 363. The molecule has 0 radical (unpaired) electrons. The van der Waals surface area contributed by atoms with Crippen LogP contribution < -0.4 is 19.5 Å². The van der Waals surface area contributed by atoms with Gasteiger partial charge in [-0.2, -0.15) is 0 Å². The summed E-state index contributed by atoms with van der Waals surface area (Å²) in [6.45, 7) is 0.816. The molecule has 0 fully saturated rings. The molecule has 17 heavy (non-hydrogen) atoms. The Hall–Kier alpha value is -1.68. The maximum absolute atomic E-state index is 5.27. The zero-order valence-electron chi connectivity index (χ0n) is 10.7. The minimum absolute atomic E-state index is 0.612. The average molecular weight is 237 g/mol. The first-order valence-electron chi connectivity index (χ1n) is 5.38. The Morgan fingerprint density at radius 2 is 1.65 bits per heavy atom. The van der Waals surface area contributed by atoms with E-state index in [0.29, 0.717) is 17.2 Å². The van der Waals surface area contributed by atoms with Gasteiger partial charge in [0.25, 0.3) is 0 Å². The third kappa shape index (κ3) is 3.39. The summed E-state index contributed by atoms with van der Waals surface area (Å²) >= 11 is 0. The van der Waals surface area contributed by atoms with Crippen molar-refractivity contribution in [2.45, 2.75) is 0 Å². The summed E-state index contributed by atoms with van der Waals surface area (Å²) in [6, 6.07) is 3.82. The molecule has 1 aromatic carbocycles. The second kappa shape index (κ2) is 6.81. The molecule has 0 spiro atoms. The first kappa shape index (κ1) is 13.4. The second-order valence-corrected chi connectivity index (χ2v) is 3.42. The second-order valence-electron chi connectivity index (χ2n) is 3.42. The summed E-state index contributed by atoms with van der Waals surface area (Å²) in [5.74, 6) is 1.94. The van der Waals surface area contributed by atoms with E-state index in [2.05, 4.69) is 5.32 Å². The highest BCUT2D eigenvalue weighted by atomic mass is 16.5. The largest absolute Gasteiger partial charge is 0.493 e. The molecule has 0 aliphatic carbocycles. The molecule has 1 N–H and O–H groups in total. The number of nitrogens with one attached hydrogen (secondary N) is 1. The third-order valence-electron chi connectivity index (χ3n) is 2.32. The van der Waals surface area contributed by atoms with Gasteiger partial charge in [0.15, 0.2) is 11.5 Å². The zero-order chi connectivity index (χ0) is 12.7. The molecular weight excluding hydrogens is 218 g/mol. The lowest BCUT2D eigenvalue weighted by Crippen LogP contribution is -2.03. The SMILES string of the molecule is CNCC=Cc1cc(OC)c(OC)c(OC)c1. The van der Waals surface area contributed by atoms with E-state index >= 15 is 0 Å². The molecule has 0 heterocycles. The van der Waals surface area contributed by atoms with Gasteiger partial charge in [-0.05, 0) is 24.7 Å². The summed E-state index contributed by atoms with van der Waals surface area (Å²) in [7, 11) is 6.72. The molecule has 4 nitrogen and oxygen atoms in total. The molecule has 0 saturated heterocycles. The van der Waals surface area contributed by atoms with Crippen LogP contribution in [0.1, 0.15) is 5.56 Å². The van der Waals surface area contributed by atoms with Gasteiger partial charge in [-0.3, -0.25) is 0 Å². The van der Waals surface area contributed by atoms with E-state index in [-0.39, 0.29) is 0 Å². The fraction of sp³-hybridized carbons (Fsp3) is 0.385. The van der Waals surface area contributed by atoms with Gasteiger partial charge in [-0.15, -0.1) is 0 Å². The topological polar surface area (TPSA) is 39.7 Å². The van der Waals surface area contributed by atoms with Crippen LogP contribution in [0.4, 0.5) is 0 Å². The van der Waals surface area contributed by atoms with Crippen molar-refractivity contribution in [1.29, 1.82) is 0 Å². The van der Waals surface area contributed by atoms with Gasteiger partial charge in [0.1, 0.15) is 0 Å². The van der Waals surface area contributed by atoms with Crippen molar-refractivity contribution in [3.63, 3.8) is 0 Å². The fourth-order valence-corrected chi connectivity index (χ4v) is 1.51. The van der Waals surface area contributed by atoms with E-state index in [1.807, 2.05) is 31.3 Å². The van der Waals surface area contributed by atoms with Crippen LogP contribution in [-0.2, 0) is 0 Å². The number of hydrogen-bond acceptors (Lipinski definition) is 4. The van der Waals surface area contributed by atoms with Crippen LogP contribution in [0.5, 0.6) is 17.2 Å². The minimum atomic E-state index is 0.612. The van der Waals surface area contributed by atoms with E-state index in [1.165, 1.54) is 0 Å². The lowest BCUT2D eigenvalue weighted by molar-refractivity contribution is 0.324. The number of benzene rings is 1. The van der Waals surface area contributed by atoms with Gasteiger partial charge in [0, 0.05) is 6.54 Å². The molecule has 1 aromatic rings. The van der Waals surface area contributed by atoms with E-state index in [1.54, 1.807) is 21.3 Å². The molecule has 0 saturated carbocycles. The van der Waals surface area contributed by atoms with Crippen LogP contribution in [0.15, 0.2) is 18.2 Å². The van der Waals surface area contributed by atoms with Crippen LogP contribution >= 0.6 is 0 Å². The van der Waals surface area contributed by atoms with Gasteiger partial charge in [0.05, 0.1) is 21.3 Å². The first-order chi connectivity index (χ1) is 8.26. The molecule has 1 rings (SSSR count). The summed E-state index contributed by atoms with van der Waals surface area (Å²) < 4.78 is 15.8. The lowest BCUT2D eigenvalue weighted by Gasteiger charge is -2.12. The van der Waals surface area contributed by atoms with Crippen LogP contribution in [0, 0.1) is 0 Å². The van der Waals surface area contributed by atoms with Gasteiger partial charge < -0.3 is 19.5 Å². The van der Waals surface area contributed by atoms with Crippen LogP contribution in [-0.4, -0.2) is 34.9 Å². The summed E-state index contributed by atoms with van der Waals surface area (Å²) in [5, 5.41) is 3.04. The third-order valence-corrected chi connectivity index (χ3v) is 2.32. The number of rotatable bonds is 6.